The Labute approximate surface area is 176 Å². The van der Waals surface area contributed by atoms with Gasteiger partial charge >= 0.3 is 6.03 Å². The van der Waals surface area contributed by atoms with Crippen molar-refractivity contribution in [2.75, 3.05) is 13.2 Å². The summed E-state index contributed by atoms with van der Waals surface area (Å²) in [5.74, 6) is 0.560. The third-order valence-corrected chi connectivity index (χ3v) is 5.79. The van der Waals surface area contributed by atoms with Gasteiger partial charge in [-0.15, -0.1) is 0 Å². The van der Waals surface area contributed by atoms with Crippen LogP contribution in [-0.4, -0.2) is 30.1 Å². The molecule has 4 rings (SSSR count). The van der Waals surface area contributed by atoms with E-state index in [-0.39, 0.29) is 6.54 Å². The standard InChI is InChI=1S/C19H15Cl3N2O4/c1-19(11-2-3-12(20)13(21)8-11)17(25)24(18(26)23-19)9-10-6-14(22)16-15(7-10)27-4-5-28-16/h2-3,6-8H,4-5,9H2,1H3,(H,23,26). The van der Waals surface area contributed by atoms with Gasteiger partial charge in [-0.05, 0) is 42.3 Å². The zero-order chi connectivity index (χ0) is 20.1. The van der Waals surface area contributed by atoms with Gasteiger partial charge in [0.2, 0.25) is 0 Å². The lowest BCUT2D eigenvalue weighted by molar-refractivity contribution is -0.131. The molecule has 28 heavy (non-hydrogen) atoms. The molecule has 1 saturated heterocycles. The number of carbonyl (C=O) groups excluding carboxylic acids is 2. The highest BCUT2D eigenvalue weighted by Gasteiger charge is 2.49. The number of fused-ring (bicyclic) bond motifs is 1. The zero-order valence-electron chi connectivity index (χ0n) is 14.7. The van der Waals surface area contributed by atoms with Gasteiger partial charge in [0.15, 0.2) is 11.5 Å². The van der Waals surface area contributed by atoms with Gasteiger partial charge in [0.1, 0.15) is 18.8 Å². The fourth-order valence-corrected chi connectivity index (χ4v) is 3.87. The minimum atomic E-state index is -1.25. The number of nitrogens with zero attached hydrogens (tertiary/aromatic N) is 1. The van der Waals surface area contributed by atoms with E-state index in [0.717, 1.165) is 4.90 Å². The average molecular weight is 442 g/mol. The Morgan fingerprint density at radius 2 is 1.79 bits per heavy atom. The summed E-state index contributed by atoms with van der Waals surface area (Å²) in [6, 6.07) is 7.70. The molecule has 0 saturated carbocycles. The van der Waals surface area contributed by atoms with Gasteiger partial charge in [-0.25, -0.2) is 4.79 Å². The van der Waals surface area contributed by atoms with Crippen LogP contribution in [0, 0.1) is 0 Å². The molecule has 0 aliphatic carbocycles. The quantitative estimate of drug-likeness (QED) is 0.718. The molecule has 6 nitrogen and oxygen atoms in total. The lowest BCUT2D eigenvalue weighted by Crippen LogP contribution is -2.40. The number of hydrogen-bond donors (Lipinski definition) is 1. The average Bonchev–Trinajstić information content (AvgIpc) is 2.88. The number of rotatable bonds is 3. The first-order chi connectivity index (χ1) is 13.3. The fraction of sp³-hybridized carbons (Fsp3) is 0.263. The highest BCUT2D eigenvalue weighted by Crippen LogP contribution is 2.39. The van der Waals surface area contributed by atoms with Crippen LogP contribution in [-0.2, 0) is 16.9 Å². The van der Waals surface area contributed by atoms with Gasteiger partial charge in [0.25, 0.3) is 5.91 Å². The molecule has 0 aromatic heterocycles. The van der Waals surface area contributed by atoms with Crippen LogP contribution in [0.3, 0.4) is 0 Å². The molecule has 0 radical (unpaired) electrons. The van der Waals surface area contributed by atoms with E-state index in [0.29, 0.717) is 50.9 Å². The summed E-state index contributed by atoms with van der Waals surface area (Å²) >= 11 is 18.3. The first-order valence-corrected chi connectivity index (χ1v) is 9.60. The van der Waals surface area contributed by atoms with Gasteiger partial charge in [-0.1, -0.05) is 40.9 Å². The van der Waals surface area contributed by atoms with Crippen LogP contribution in [0.1, 0.15) is 18.1 Å². The molecule has 3 amide bonds. The van der Waals surface area contributed by atoms with Crippen LogP contribution >= 0.6 is 34.8 Å². The summed E-state index contributed by atoms with van der Waals surface area (Å²) < 4.78 is 11.1. The normalized spacial score (nSPS) is 21.1. The summed E-state index contributed by atoms with van der Waals surface area (Å²) in [4.78, 5) is 26.8. The molecule has 1 unspecified atom stereocenters. The molecule has 0 spiro atoms. The number of benzene rings is 2. The Hall–Kier alpha value is -2.15. The van der Waals surface area contributed by atoms with Gasteiger partial charge in [0, 0.05) is 0 Å². The number of nitrogens with one attached hydrogen (secondary N) is 1. The fourth-order valence-electron chi connectivity index (χ4n) is 3.28. The van der Waals surface area contributed by atoms with Crippen LogP contribution in [0.2, 0.25) is 15.1 Å². The summed E-state index contributed by atoms with van der Waals surface area (Å²) in [6.07, 6.45) is 0. The maximum absolute atomic E-state index is 13.1. The smallest absolute Gasteiger partial charge is 0.325 e. The van der Waals surface area contributed by atoms with Gasteiger partial charge in [-0.3, -0.25) is 9.69 Å². The van der Waals surface area contributed by atoms with Crippen LogP contribution in [0.4, 0.5) is 4.79 Å². The molecular formula is C19H15Cl3N2O4. The molecule has 2 aliphatic heterocycles. The van der Waals surface area contributed by atoms with Crippen molar-refractivity contribution < 1.29 is 19.1 Å². The Balaban J connectivity index is 1.63. The Morgan fingerprint density at radius 1 is 1.04 bits per heavy atom. The number of ether oxygens (including phenoxy) is 2. The zero-order valence-corrected chi connectivity index (χ0v) is 17.0. The lowest BCUT2D eigenvalue weighted by atomic mass is 9.92. The number of carbonyl (C=O) groups is 2. The van der Waals surface area contributed by atoms with Crippen molar-refractivity contribution >= 4 is 46.7 Å². The van der Waals surface area contributed by atoms with Crippen molar-refractivity contribution in [1.82, 2.24) is 10.2 Å². The molecule has 9 heteroatoms. The van der Waals surface area contributed by atoms with Crippen molar-refractivity contribution in [1.29, 1.82) is 0 Å². The van der Waals surface area contributed by atoms with Crippen LogP contribution < -0.4 is 14.8 Å². The minimum Gasteiger partial charge on any atom is -0.486 e. The van der Waals surface area contributed by atoms with Crippen molar-refractivity contribution in [3.05, 3.63) is 56.5 Å². The van der Waals surface area contributed by atoms with Crippen molar-refractivity contribution in [3.63, 3.8) is 0 Å². The second-order valence-corrected chi connectivity index (χ2v) is 7.90. The number of halogens is 3. The van der Waals surface area contributed by atoms with Crippen LogP contribution in [0.5, 0.6) is 11.5 Å². The van der Waals surface area contributed by atoms with Crippen molar-refractivity contribution in [2.24, 2.45) is 0 Å². The molecule has 1 atom stereocenters. The first-order valence-electron chi connectivity index (χ1n) is 8.47. The molecule has 2 aliphatic rings. The maximum atomic E-state index is 13.1. The number of urea groups is 1. The lowest BCUT2D eigenvalue weighted by Gasteiger charge is -2.23. The highest BCUT2D eigenvalue weighted by molar-refractivity contribution is 6.42. The molecule has 1 fully saturated rings. The molecule has 2 heterocycles. The largest absolute Gasteiger partial charge is 0.486 e. The molecule has 146 valence electrons. The maximum Gasteiger partial charge on any atom is 0.325 e. The molecule has 2 aromatic carbocycles. The molecular weight excluding hydrogens is 427 g/mol. The summed E-state index contributed by atoms with van der Waals surface area (Å²) in [7, 11) is 0. The van der Waals surface area contributed by atoms with E-state index < -0.39 is 17.5 Å². The monoisotopic (exact) mass is 440 g/mol. The first kappa shape index (κ1) is 19.2. The van der Waals surface area contributed by atoms with Crippen molar-refractivity contribution in [3.8, 4) is 11.5 Å². The van der Waals surface area contributed by atoms with Gasteiger partial charge in [-0.2, -0.15) is 0 Å². The predicted molar refractivity (Wildman–Crippen MR) is 105 cm³/mol. The molecule has 0 bridgehead atoms. The van der Waals surface area contributed by atoms with Gasteiger partial charge in [0.05, 0.1) is 21.6 Å². The molecule has 2 aromatic rings. The summed E-state index contributed by atoms with van der Waals surface area (Å²) in [5, 5.41) is 3.78. The SMILES string of the molecule is CC1(c2ccc(Cl)c(Cl)c2)NC(=O)N(Cc2cc(Cl)c3c(c2)OCCO3)C1=O. The van der Waals surface area contributed by atoms with Gasteiger partial charge < -0.3 is 14.8 Å². The predicted octanol–water partition coefficient (Wildman–Crippen LogP) is 4.39. The Bertz CT molecular complexity index is 997. The van der Waals surface area contributed by atoms with E-state index in [1.807, 2.05) is 0 Å². The van der Waals surface area contributed by atoms with E-state index in [1.54, 1.807) is 37.3 Å². The number of imide groups is 1. The van der Waals surface area contributed by atoms with E-state index in [1.165, 1.54) is 0 Å². The van der Waals surface area contributed by atoms with Crippen LogP contribution in [0.25, 0.3) is 0 Å². The Morgan fingerprint density at radius 3 is 2.54 bits per heavy atom. The van der Waals surface area contributed by atoms with Crippen molar-refractivity contribution in [2.45, 2.75) is 19.0 Å². The second kappa shape index (κ2) is 7.03. The molecule has 1 N–H and O–H groups in total. The summed E-state index contributed by atoms with van der Waals surface area (Å²) in [6.45, 7) is 2.49. The summed E-state index contributed by atoms with van der Waals surface area (Å²) in [5.41, 5.74) is -0.0535. The van der Waals surface area contributed by atoms with Crippen LogP contribution in [0.15, 0.2) is 30.3 Å². The second-order valence-electron chi connectivity index (χ2n) is 6.68. The van der Waals surface area contributed by atoms with E-state index in [2.05, 4.69) is 5.32 Å². The number of hydrogen-bond acceptors (Lipinski definition) is 4. The van der Waals surface area contributed by atoms with E-state index in [4.69, 9.17) is 44.3 Å². The van der Waals surface area contributed by atoms with E-state index in [9.17, 15) is 9.59 Å². The highest BCUT2D eigenvalue weighted by atomic mass is 35.5. The minimum absolute atomic E-state index is 0.0396. The third kappa shape index (κ3) is 3.15. The topological polar surface area (TPSA) is 67.9 Å². The Kier molecular flexibility index (Phi) is 4.81. The van der Waals surface area contributed by atoms with E-state index >= 15 is 0 Å². The third-order valence-electron chi connectivity index (χ3n) is 4.77. The number of amides is 3.